The summed E-state index contributed by atoms with van der Waals surface area (Å²) in [4.78, 5) is 16.3. The van der Waals surface area contributed by atoms with Crippen molar-refractivity contribution in [2.45, 2.75) is 69.5 Å². The third-order valence-corrected chi connectivity index (χ3v) is 6.69. The maximum atomic E-state index is 12.0. The van der Waals surface area contributed by atoms with Crippen LogP contribution in [0.1, 0.15) is 56.9 Å². The van der Waals surface area contributed by atoms with Crippen molar-refractivity contribution in [3.05, 3.63) is 49.9 Å². The number of aliphatic hydroxyl groups is 2. The van der Waals surface area contributed by atoms with Gasteiger partial charge in [-0.1, -0.05) is 35.8 Å². The number of carbonyl (C=O) groups is 1. The lowest BCUT2D eigenvalue weighted by molar-refractivity contribution is -0.135. The molecule has 0 heterocycles. The Kier molecular flexibility index (Phi) is 10.3. The lowest BCUT2D eigenvalue weighted by atomic mass is 9.76. The van der Waals surface area contributed by atoms with Crippen molar-refractivity contribution < 1.29 is 15.0 Å². The number of nitrogens with zero attached hydrogens (tertiary/aromatic N) is 4. The van der Waals surface area contributed by atoms with E-state index in [1.165, 1.54) is 10.5 Å². The Labute approximate surface area is 198 Å². The fourth-order valence-corrected chi connectivity index (χ4v) is 4.74. The molecule has 1 amide bonds. The number of hydrogen-bond donors (Lipinski definition) is 2. The number of carbonyl (C=O) groups excluding carboxylic acids is 1. The van der Waals surface area contributed by atoms with Crippen molar-refractivity contribution in [3.8, 4) is 0 Å². The van der Waals surface area contributed by atoms with E-state index in [0.717, 1.165) is 35.7 Å². The Hall–Kier alpha value is -1.61. The summed E-state index contributed by atoms with van der Waals surface area (Å²) in [5.41, 5.74) is 9.45. The van der Waals surface area contributed by atoms with Crippen LogP contribution in [0.15, 0.2) is 35.5 Å². The van der Waals surface area contributed by atoms with Gasteiger partial charge in [-0.05, 0) is 90.6 Å². The summed E-state index contributed by atoms with van der Waals surface area (Å²) in [7, 11) is 3.42. The maximum absolute atomic E-state index is 12.0. The second kappa shape index (κ2) is 12.4. The van der Waals surface area contributed by atoms with Gasteiger partial charge in [0.1, 0.15) is 0 Å². The number of amides is 1. The zero-order chi connectivity index (χ0) is 22.9. The van der Waals surface area contributed by atoms with Gasteiger partial charge in [0.25, 0.3) is 0 Å². The number of halogens is 1. The molecule has 8 heteroatoms. The van der Waals surface area contributed by atoms with Crippen molar-refractivity contribution in [1.29, 1.82) is 0 Å². The monoisotopic (exact) mass is 540 g/mol. The molecule has 2 rings (SSSR count). The molecule has 1 aromatic carbocycles. The Bertz CT molecular complexity index is 823. The van der Waals surface area contributed by atoms with E-state index in [-0.39, 0.29) is 18.2 Å². The quantitative estimate of drug-likeness (QED) is 0.105. The second-order valence-corrected chi connectivity index (χ2v) is 9.88. The van der Waals surface area contributed by atoms with Gasteiger partial charge in [0.15, 0.2) is 0 Å². The summed E-state index contributed by atoms with van der Waals surface area (Å²) < 4.78 is 0.940. The van der Waals surface area contributed by atoms with Crippen LogP contribution in [0, 0.1) is 9.49 Å². The van der Waals surface area contributed by atoms with Crippen LogP contribution in [0.25, 0.3) is 10.4 Å². The molecule has 0 aromatic heterocycles. The molecule has 2 N–H and O–H groups in total. The highest BCUT2D eigenvalue weighted by atomic mass is 127. The molecule has 1 saturated carbocycles. The number of aryl methyl sites for hydroxylation is 1. The van der Waals surface area contributed by atoms with E-state index in [1.807, 2.05) is 30.4 Å². The molecule has 0 bridgehead atoms. The van der Waals surface area contributed by atoms with Crippen LogP contribution in [0.3, 0.4) is 0 Å². The summed E-state index contributed by atoms with van der Waals surface area (Å²) >= 11 is 2.17. The molecule has 1 aliphatic rings. The van der Waals surface area contributed by atoms with Crippen LogP contribution in [-0.4, -0.2) is 46.8 Å². The number of benzene rings is 1. The zero-order valence-electron chi connectivity index (χ0n) is 18.4. The normalized spacial score (nSPS) is 22.2. The molecule has 0 spiro atoms. The van der Waals surface area contributed by atoms with Crippen molar-refractivity contribution in [2.75, 3.05) is 14.1 Å². The maximum Gasteiger partial charge on any atom is 0.224 e. The van der Waals surface area contributed by atoms with Crippen LogP contribution >= 0.6 is 22.6 Å². The predicted molar refractivity (Wildman–Crippen MR) is 131 cm³/mol. The van der Waals surface area contributed by atoms with Gasteiger partial charge in [-0.3, -0.25) is 4.79 Å². The molecule has 3 atom stereocenters. The summed E-state index contributed by atoms with van der Waals surface area (Å²) in [6.07, 6.45) is 10.1. The lowest BCUT2D eigenvalue weighted by Gasteiger charge is -2.36. The number of aliphatic hydroxyl groups excluding tert-OH is 1. The molecule has 1 aromatic rings. The molecule has 1 unspecified atom stereocenters. The average molecular weight is 540 g/mol. The molecule has 31 heavy (non-hydrogen) atoms. The van der Waals surface area contributed by atoms with E-state index in [2.05, 4.69) is 32.6 Å². The molecule has 7 nitrogen and oxygen atoms in total. The number of hydrogen-bond acceptors (Lipinski definition) is 4. The minimum absolute atomic E-state index is 0.0470. The first-order chi connectivity index (χ1) is 14.7. The molecule has 0 radical (unpaired) electrons. The zero-order valence-corrected chi connectivity index (χ0v) is 20.5. The number of allylic oxidation sites excluding steroid dienone is 1. The summed E-state index contributed by atoms with van der Waals surface area (Å²) in [6, 6.07) is 5.85. The van der Waals surface area contributed by atoms with E-state index < -0.39 is 11.7 Å². The highest BCUT2D eigenvalue weighted by molar-refractivity contribution is 14.1. The fraction of sp³-hybridized carbons (Fsp3) is 0.609. The third kappa shape index (κ3) is 8.80. The van der Waals surface area contributed by atoms with Crippen molar-refractivity contribution in [2.24, 2.45) is 11.0 Å². The van der Waals surface area contributed by atoms with Crippen LogP contribution in [0.5, 0.6) is 0 Å². The van der Waals surface area contributed by atoms with Gasteiger partial charge in [-0.25, -0.2) is 0 Å². The smallest absolute Gasteiger partial charge is 0.224 e. The van der Waals surface area contributed by atoms with Crippen LogP contribution in [0.4, 0.5) is 5.69 Å². The second-order valence-electron chi connectivity index (χ2n) is 8.72. The SMILES string of the molecule is CN(C)C(=O)C[C@]1(O)CCC[C@@H](/C=C/C(O)CCCCc2ccc(N=[N+]=[N-])c(I)c2)C1. The summed E-state index contributed by atoms with van der Waals surface area (Å²) in [5.74, 6) is 0.148. The third-order valence-electron chi connectivity index (χ3n) is 5.82. The van der Waals surface area contributed by atoms with E-state index in [9.17, 15) is 15.0 Å². The minimum atomic E-state index is -0.939. The van der Waals surface area contributed by atoms with E-state index >= 15 is 0 Å². The summed E-state index contributed by atoms with van der Waals surface area (Å²) in [5, 5.41) is 24.8. The first kappa shape index (κ1) is 25.6. The highest BCUT2D eigenvalue weighted by Gasteiger charge is 2.35. The van der Waals surface area contributed by atoms with E-state index in [4.69, 9.17) is 5.53 Å². The largest absolute Gasteiger partial charge is 0.389 e. The molecule has 1 fully saturated rings. The van der Waals surface area contributed by atoms with Crippen LogP contribution < -0.4 is 0 Å². The first-order valence-electron chi connectivity index (χ1n) is 10.8. The standard InChI is InChI=1S/C23H33IN4O3/c1-28(2)22(30)16-23(31)13-5-7-18(15-23)9-11-19(29)8-4-3-6-17-10-12-21(26-27-25)20(24)14-17/h9-12,14,18-19,29,31H,3-8,13,15-16H2,1-2H3/b11-9+/t18-,19?,23-/m0/s1. The molecule has 0 aliphatic heterocycles. The minimum Gasteiger partial charge on any atom is -0.389 e. The molecule has 170 valence electrons. The highest BCUT2D eigenvalue weighted by Crippen LogP contribution is 2.36. The Morgan fingerprint density at radius 3 is 2.90 bits per heavy atom. The molecular formula is C23H33IN4O3. The fourth-order valence-electron chi connectivity index (χ4n) is 4.05. The Morgan fingerprint density at radius 1 is 1.45 bits per heavy atom. The number of unbranched alkanes of at least 4 members (excludes halogenated alkanes) is 1. The van der Waals surface area contributed by atoms with Crippen molar-refractivity contribution in [3.63, 3.8) is 0 Å². The first-order valence-corrected chi connectivity index (χ1v) is 11.9. The Balaban J connectivity index is 1.74. The van der Waals surface area contributed by atoms with Crippen molar-refractivity contribution in [1.82, 2.24) is 4.90 Å². The van der Waals surface area contributed by atoms with Gasteiger partial charge in [0.05, 0.1) is 23.8 Å². The van der Waals surface area contributed by atoms with Gasteiger partial charge in [-0.2, -0.15) is 0 Å². The average Bonchev–Trinajstić information content (AvgIpc) is 2.71. The predicted octanol–water partition coefficient (Wildman–Crippen LogP) is 5.26. The topological polar surface area (TPSA) is 110 Å². The van der Waals surface area contributed by atoms with E-state index in [1.54, 1.807) is 14.1 Å². The molecule has 0 saturated heterocycles. The molecule has 1 aliphatic carbocycles. The van der Waals surface area contributed by atoms with Gasteiger partial charge in [0.2, 0.25) is 5.91 Å². The van der Waals surface area contributed by atoms with Crippen LogP contribution in [0.2, 0.25) is 0 Å². The lowest BCUT2D eigenvalue weighted by Crippen LogP contribution is -2.40. The van der Waals surface area contributed by atoms with Gasteiger partial charge in [-0.15, -0.1) is 0 Å². The van der Waals surface area contributed by atoms with Gasteiger partial charge < -0.3 is 15.1 Å². The van der Waals surface area contributed by atoms with E-state index in [0.29, 0.717) is 24.9 Å². The molecular weight excluding hydrogens is 507 g/mol. The van der Waals surface area contributed by atoms with Gasteiger partial charge >= 0.3 is 0 Å². The number of rotatable bonds is 10. The number of azide groups is 1. The Morgan fingerprint density at radius 2 is 2.23 bits per heavy atom. The van der Waals surface area contributed by atoms with Crippen molar-refractivity contribution >= 4 is 34.2 Å². The summed E-state index contributed by atoms with van der Waals surface area (Å²) in [6.45, 7) is 0. The van der Waals surface area contributed by atoms with Gasteiger partial charge in [0, 0.05) is 22.6 Å². The van der Waals surface area contributed by atoms with Crippen LogP contribution in [-0.2, 0) is 11.2 Å².